The van der Waals surface area contributed by atoms with Crippen molar-refractivity contribution in [3.05, 3.63) is 28.8 Å². The van der Waals surface area contributed by atoms with E-state index in [4.69, 9.17) is 13.8 Å². The van der Waals surface area contributed by atoms with Crippen LogP contribution in [-0.4, -0.2) is 35.2 Å². The lowest BCUT2D eigenvalue weighted by molar-refractivity contribution is -0.121. The van der Waals surface area contributed by atoms with E-state index in [2.05, 4.69) is 15.6 Å². The second-order valence-corrected chi connectivity index (χ2v) is 9.55. The summed E-state index contributed by atoms with van der Waals surface area (Å²) in [6, 6.07) is 0. The molecule has 2 aromatic rings. The molecular weight excluding hydrogens is 422 g/mol. The number of Topliss-reactive ketones (excluding diaryl/α,β-unsaturated/α-hetero) is 1. The Hall–Kier alpha value is -2.48. The van der Waals surface area contributed by atoms with E-state index in [9.17, 15) is 9.59 Å². The van der Waals surface area contributed by atoms with Crippen LogP contribution in [-0.2, 0) is 9.53 Å². The van der Waals surface area contributed by atoms with Crippen molar-refractivity contribution >= 4 is 17.6 Å². The van der Waals surface area contributed by atoms with Gasteiger partial charge in [-0.2, -0.15) is 0 Å². The Kier molecular flexibility index (Phi) is 7.96. The number of ketones is 1. The zero-order chi connectivity index (χ0) is 23.2. The van der Waals surface area contributed by atoms with Crippen molar-refractivity contribution in [2.45, 2.75) is 84.0 Å². The summed E-state index contributed by atoms with van der Waals surface area (Å²) in [7, 11) is 0. The predicted octanol–water partition coefficient (Wildman–Crippen LogP) is 5.36. The molecule has 33 heavy (non-hydrogen) atoms. The molecule has 1 saturated carbocycles. The molecule has 2 fully saturated rings. The highest BCUT2D eigenvalue weighted by Crippen LogP contribution is 2.35. The van der Waals surface area contributed by atoms with Gasteiger partial charge in [-0.25, -0.2) is 0 Å². The summed E-state index contributed by atoms with van der Waals surface area (Å²) in [4.78, 5) is 26.6. The fourth-order valence-electron chi connectivity index (χ4n) is 5.25. The van der Waals surface area contributed by atoms with Crippen LogP contribution in [0, 0.1) is 25.7 Å². The van der Waals surface area contributed by atoms with Gasteiger partial charge in [0.15, 0.2) is 5.78 Å². The quantitative estimate of drug-likeness (QED) is 0.558. The van der Waals surface area contributed by atoms with Crippen LogP contribution in [0.15, 0.2) is 15.3 Å². The molecule has 1 aliphatic heterocycles. The fraction of sp³-hybridized carbons (Fsp3) is 0.680. The van der Waals surface area contributed by atoms with E-state index >= 15 is 0 Å². The SMILES string of the molecule is Cc1nocc1C(=O)CC(C(=O)Nc1onc(C2CCOCC2)c1C)C1CCCCCCC1. The van der Waals surface area contributed by atoms with Crippen LogP contribution in [0.3, 0.4) is 0 Å². The predicted molar refractivity (Wildman–Crippen MR) is 122 cm³/mol. The number of ether oxygens (including phenoxy) is 1. The van der Waals surface area contributed by atoms with E-state index in [1.165, 1.54) is 25.5 Å². The van der Waals surface area contributed by atoms with Crippen LogP contribution in [0.25, 0.3) is 0 Å². The molecule has 4 rings (SSSR count). The minimum atomic E-state index is -0.430. The van der Waals surface area contributed by atoms with Crippen molar-refractivity contribution in [2.24, 2.45) is 11.8 Å². The topological polar surface area (TPSA) is 107 Å². The van der Waals surface area contributed by atoms with Gasteiger partial charge in [-0.1, -0.05) is 42.4 Å². The number of amides is 1. The molecule has 0 radical (unpaired) electrons. The lowest BCUT2D eigenvalue weighted by Crippen LogP contribution is -2.32. The molecule has 2 aliphatic rings. The van der Waals surface area contributed by atoms with E-state index in [1.54, 1.807) is 6.92 Å². The number of aryl methyl sites for hydroxylation is 1. The Morgan fingerprint density at radius 2 is 1.73 bits per heavy atom. The van der Waals surface area contributed by atoms with E-state index in [0.717, 1.165) is 49.8 Å². The van der Waals surface area contributed by atoms with E-state index in [0.29, 0.717) is 30.4 Å². The molecule has 2 aromatic heterocycles. The van der Waals surface area contributed by atoms with Crippen molar-refractivity contribution in [3.8, 4) is 0 Å². The Labute approximate surface area is 194 Å². The van der Waals surface area contributed by atoms with Crippen LogP contribution in [0.2, 0.25) is 0 Å². The lowest BCUT2D eigenvalue weighted by atomic mass is 9.78. The third-order valence-corrected chi connectivity index (χ3v) is 7.32. The number of nitrogens with zero attached hydrogens (tertiary/aromatic N) is 2. The molecule has 0 spiro atoms. The van der Waals surface area contributed by atoms with Gasteiger partial charge < -0.3 is 13.8 Å². The summed E-state index contributed by atoms with van der Waals surface area (Å²) in [5, 5.41) is 11.1. The first-order valence-electron chi connectivity index (χ1n) is 12.3. The maximum atomic E-state index is 13.5. The van der Waals surface area contributed by atoms with Crippen molar-refractivity contribution < 1.29 is 23.4 Å². The summed E-state index contributed by atoms with van der Waals surface area (Å²) in [5.41, 5.74) is 2.78. The first-order valence-corrected chi connectivity index (χ1v) is 12.3. The number of rotatable bonds is 7. The average molecular weight is 458 g/mol. The standard InChI is InChI=1S/C25H35N3O5/c1-16-23(19-10-12-31-13-11-19)28-33-25(16)26-24(30)20(18-8-6-4-3-5-7-9-18)14-22(29)21-15-32-27-17(21)2/h15,18-20H,3-14H2,1-2H3,(H,26,30). The van der Waals surface area contributed by atoms with Crippen LogP contribution < -0.4 is 5.32 Å². The van der Waals surface area contributed by atoms with Gasteiger partial charge in [0, 0.05) is 37.0 Å². The van der Waals surface area contributed by atoms with Crippen molar-refractivity contribution in [1.29, 1.82) is 0 Å². The normalized spacial score (nSPS) is 19.6. The van der Waals surface area contributed by atoms with Crippen LogP contribution in [0.5, 0.6) is 0 Å². The highest BCUT2D eigenvalue weighted by Gasteiger charge is 2.33. The van der Waals surface area contributed by atoms with Gasteiger partial charge in [0.25, 0.3) is 0 Å². The summed E-state index contributed by atoms with van der Waals surface area (Å²) in [5.74, 6) is 0.140. The number of hydrogen-bond acceptors (Lipinski definition) is 7. The lowest BCUT2D eigenvalue weighted by Gasteiger charge is -2.27. The Morgan fingerprint density at radius 3 is 2.39 bits per heavy atom. The van der Waals surface area contributed by atoms with Gasteiger partial charge in [0.05, 0.1) is 17.0 Å². The average Bonchev–Trinajstić information content (AvgIpc) is 3.38. The van der Waals surface area contributed by atoms with Gasteiger partial charge in [0.1, 0.15) is 6.26 Å². The smallest absolute Gasteiger partial charge is 0.234 e. The first kappa shape index (κ1) is 23.7. The summed E-state index contributed by atoms with van der Waals surface area (Å²) < 4.78 is 16.0. The van der Waals surface area contributed by atoms with E-state index in [1.807, 2.05) is 6.92 Å². The highest BCUT2D eigenvalue weighted by molar-refractivity contribution is 6.01. The molecule has 1 aliphatic carbocycles. The Balaban J connectivity index is 1.51. The van der Waals surface area contributed by atoms with Gasteiger partial charge in [-0.15, -0.1) is 0 Å². The minimum absolute atomic E-state index is 0.104. The molecule has 8 nitrogen and oxygen atoms in total. The monoisotopic (exact) mass is 457 g/mol. The maximum Gasteiger partial charge on any atom is 0.234 e. The second-order valence-electron chi connectivity index (χ2n) is 9.55. The molecular formula is C25H35N3O5. The summed E-state index contributed by atoms with van der Waals surface area (Å²) >= 11 is 0. The van der Waals surface area contributed by atoms with Gasteiger partial charge in [-0.05, 0) is 45.4 Å². The Bertz CT molecular complexity index is 936. The minimum Gasteiger partial charge on any atom is -0.381 e. The number of aromatic nitrogens is 2. The van der Waals surface area contributed by atoms with Crippen molar-refractivity contribution in [1.82, 2.24) is 10.3 Å². The zero-order valence-electron chi connectivity index (χ0n) is 19.7. The molecule has 8 heteroatoms. The third-order valence-electron chi connectivity index (χ3n) is 7.32. The second kappa shape index (κ2) is 11.1. The molecule has 180 valence electrons. The first-order chi connectivity index (χ1) is 16.0. The molecule has 0 bridgehead atoms. The highest BCUT2D eigenvalue weighted by atomic mass is 16.5. The number of carbonyl (C=O) groups is 2. The fourth-order valence-corrected chi connectivity index (χ4v) is 5.25. The molecule has 1 N–H and O–H groups in total. The Morgan fingerprint density at radius 1 is 1.03 bits per heavy atom. The van der Waals surface area contributed by atoms with Gasteiger partial charge in [-0.3, -0.25) is 14.9 Å². The molecule has 3 heterocycles. The maximum absolute atomic E-state index is 13.5. The summed E-state index contributed by atoms with van der Waals surface area (Å²) in [6.45, 7) is 5.12. The molecule has 0 aromatic carbocycles. The van der Waals surface area contributed by atoms with E-state index < -0.39 is 5.92 Å². The largest absolute Gasteiger partial charge is 0.381 e. The number of anilines is 1. The molecule has 1 atom stereocenters. The van der Waals surface area contributed by atoms with Gasteiger partial charge >= 0.3 is 0 Å². The third kappa shape index (κ3) is 5.72. The summed E-state index contributed by atoms with van der Waals surface area (Å²) in [6.07, 6.45) is 11.0. The van der Waals surface area contributed by atoms with Crippen LogP contribution >= 0.6 is 0 Å². The number of hydrogen-bond donors (Lipinski definition) is 1. The molecule has 1 amide bonds. The number of carbonyl (C=O) groups excluding carboxylic acids is 2. The van der Waals surface area contributed by atoms with Crippen molar-refractivity contribution in [2.75, 3.05) is 18.5 Å². The molecule has 1 unspecified atom stereocenters. The van der Waals surface area contributed by atoms with Gasteiger partial charge in [0.2, 0.25) is 11.8 Å². The van der Waals surface area contributed by atoms with E-state index in [-0.39, 0.29) is 29.9 Å². The van der Waals surface area contributed by atoms with Crippen molar-refractivity contribution in [3.63, 3.8) is 0 Å². The van der Waals surface area contributed by atoms with Crippen LogP contribution in [0.1, 0.15) is 97.4 Å². The molecule has 1 saturated heterocycles. The zero-order valence-corrected chi connectivity index (χ0v) is 19.7. The number of nitrogens with one attached hydrogen (secondary N) is 1. The van der Waals surface area contributed by atoms with Crippen LogP contribution in [0.4, 0.5) is 5.88 Å².